The third-order valence-electron chi connectivity index (χ3n) is 3.43. The smallest absolute Gasteiger partial charge is 0.324 e. The molecule has 2 amide bonds. The first-order valence-electron chi connectivity index (χ1n) is 7.49. The average molecular weight is 322 g/mol. The molecule has 0 atom stereocenters. The molecule has 0 aliphatic carbocycles. The molecule has 0 spiro atoms. The van der Waals surface area contributed by atoms with Crippen LogP contribution < -0.4 is 15.5 Å². The number of amides is 2. The highest BCUT2D eigenvalue weighted by molar-refractivity contribution is 5.99. The first-order chi connectivity index (χ1) is 11.6. The van der Waals surface area contributed by atoms with E-state index in [0.717, 1.165) is 11.3 Å². The number of hydrogen-bond donors (Lipinski definition) is 2. The average Bonchev–Trinajstić information content (AvgIpc) is 3.04. The van der Waals surface area contributed by atoms with Gasteiger partial charge in [-0.15, -0.1) is 0 Å². The van der Waals surface area contributed by atoms with Gasteiger partial charge in [0.25, 0.3) is 0 Å². The van der Waals surface area contributed by atoms with E-state index in [1.807, 2.05) is 73.6 Å². The molecule has 2 N–H and O–H groups in total. The Morgan fingerprint density at radius 2 is 1.79 bits per heavy atom. The van der Waals surface area contributed by atoms with Crippen molar-refractivity contribution in [2.24, 2.45) is 0 Å². The van der Waals surface area contributed by atoms with Crippen LogP contribution in [-0.2, 0) is 0 Å². The van der Waals surface area contributed by atoms with Crippen molar-refractivity contribution in [3.63, 3.8) is 0 Å². The maximum Gasteiger partial charge on any atom is 0.324 e. The zero-order valence-corrected chi connectivity index (χ0v) is 13.5. The number of nitrogens with one attached hydrogen (secondary N) is 2. The monoisotopic (exact) mass is 322 g/mol. The summed E-state index contributed by atoms with van der Waals surface area (Å²) < 4.78 is 5.25. The fourth-order valence-corrected chi connectivity index (χ4v) is 2.21. The van der Waals surface area contributed by atoms with Crippen LogP contribution in [0.25, 0.3) is 11.3 Å². The predicted molar refractivity (Wildman–Crippen MR) is 95.3 cm³/mol. The van der Waals surface area contributed by atoms with Crippen LogP contribution in [0.15, 0.2) is 65.2 Å². The summed E-state index contributed by atoms with van der Waals surface area (Å²) in [5.41, 5.74) is 2.60. The predicted octanol–water partition coefficient (Wildman–Crippen LogP) is 4.05. The van der Waals surface area contributed by atoms with Crippen molar-refractivity contribution in [2.45, 2.75) is 0 Å². The van der Waals surface area contributed by atoms with Crippen LogP contribution in [0.5, 0.6) is 0 Å². The molecule has 0 saturated carbocycles. The molecule has 0 fully saturated rings. The van der Waals surface area contributed by atoms with Gasteiger partial charge in [0, 0.05) is 37.1 Å². The van der Waals surface area contributed by atoms with E-state index >= 15 is 0 Å². The molecule has 6 nitrogen and oxygen atoms in total. The van der Waals surface area contributed by atoms with Crippen LogP contribution in [0.4, 0.5) is 22.0 Å². The van der Waals surface area contributed by atoms with Crippen molar-refractivity contribution in [2.75, 3.05) is 29.6 Å². The summed E-state index contributed by atoms with van der Waals surface area (Å²) in [5.74, 6) is 0.954. The van der Waals surface area contributed by atoms with Crippen LogP contribution in [-0.4, -0.2) is 25.3 Å². The molecule has 24 heavy (non-hydrogen) atoms. The third-order valence-corrected chi connectivity index (χ3v) is 3.43. The van der Waals surface area contributed by atoms with E-state index in [1.165, 1.54) is 0 Å². The molecule has 0 aliphatic rings. The summed E-state index contributed by atoms with van der Waals surface area (Å²) in [6.07, 6.45) is 0. The van der Waals surface area contributed by atoms with Gasteiger partial charge < -0.3 is 14.7 Å². The molecule has 3 aromatic rings. The quantitative estimate of drug-likeness (QED) is 0.760. The second-order valence-corrected chi connectivity index (χ2v) is 5.47. The number of rotatable bonds is 4. The van der Waals surface area contributed by atoms with Crippen molar-refractivity contribution < 1.29 is 9.32 Å². The molecular formula is C18H18N4O2. The van der Waals surface area contributed by atoms with Crippen LogP contribution >= 0.6 is 0 Å². The van der Waals surface area contributed by atoms with E-state index in [4.69, 9.17) is 4.52 Å². The fourth-order valence-electron chi connectivity index (χ4n) is 2.21. The van der Waals surface area contributed by atoms with Gasteiger partial charge in [-0.1, -0.05) is 41.6 Å². The number of urea groups is 1. The first kappa shape index (κ1) is 15.6. The summed E-state index contributed by atoms with van der Waals surface area (Å²) in [6, 6.07) is 18.4. The molecule has 6 heteroatoms. The van der Waals surface area contributed by atoms with Crippen molar-refractivity contribution in [1.82, 2.24) is 5.16 Å². The van der Waals surface area contributed by atoms with E-state index in [1.54, 1.807) is 6.07 Å². The van der Waals surface area contributed by atoms with Gasteiger partial charge in [-0.25, -0.2) is 4.79 Å². The Labute approximate surface area is 140 Å². The van der Waals surface area contributed by atoms with E-state index in [9.17, 15) is 4.79 Å². The van der Waals surface area contributed by atoms with Gasteiger partial charge >= 0.3 is 6.03 Å². The molecule has 0 bridgehead atoms. The summed E-state index contributed by atoms with van der Waals surface area (Å²) in [7, 11) is 3.89. The number of hydrogen-bond acceptors (Lipinski definition) is 4. The lowest BCUT2D eigenvalue weighted by Gasteiger charge is -2.13. The van der Waals surface area contributed by atoms with Gasteiger partial charge in [0.2, 0.25) is 0 Å². The fraction of sp³-hybridized carbons (Fsp3) is 0.111. The molecule has 122 valence electrons. The second kappa shape index (κ2) is 6.87. The topological polar surface area (TPSA) is 70.4 Å². The number of anilines is 3. The minimum Gasteiger partial charge on any atom is -0.378 e. The van der Waals surface area contributed by atoms with E-state index < -0.39 is 0 Å². The van der Waals surface area contributed by atoms with Crippen molar-refractivity contribution in [3.8, 4) is 11.3 Å². The summed E-state index contributed by atoms with van der Waals surface area (Å²) >= 11 is 0. The number of nitrogens with zero attached hydrogens (tertiary/aromatic N) is 2. The number of aromatic nitrogens is 1. The molecule has 0 saturated heterocycles. The van der Waals surface area contributed by atoms with Gasteiger partial charge in [0.1, 0.15) is 0 Å². The summed E-state index contributed by atoms with van der Waals surface area (Å²) in [4.78, 5) is 14.1. The van der Waals surface area contributed by atoms with Crippen LogP contribution in [0.1, 0.15) is 0 Å². The largest absolute Gasteiger partial charge is 0.378 e. The molecule has 0 radical (unpaired) electrons. The van der Waals surface area contributed by atoms with Gasteiger partial charge in [-0.3, -0.25) is 5.32 Å². The molecule has 0 aliphatic heterocycles. The maximum atomic E-state index is 12.1. The molecule has 0 unspecified atom stereocenters. The lowest BCUT2D eigenvalue weighted by Crippen LogP contribution is -2.19. The van der Waals surface area contributed by atoms with Gasteiger partial charge in [-0.05, 0) is 18.2 Å². The zero-order chi connectivity index (χ0) is 16.9. The van der Waals surface area contributed by atoms with Gasteiger partial charge in [0.05, 0.1) is 0 Å². The zero-order valence-electron chi connectivity index (χ0n) is 13.5. The Morgan fingerprint density at radius 1 is 1.00 bits per heavy atom. The third kappa shape index (κ3) is 3.73. The van der Waals surface area contributed by atoms with Crippen molar-refractivity contribution in [3.05, 3.63) is 60.7 Å². The Morgan fingerprint density at radius 3 is 2.54 bits per heavy atom. The summed E-state index contributed by atoms with van der Waals surface area (Å²) in [6.45, 7) is 0. The number of benzene rings is 2. The molecule has 1 aromatic heterocycles. The first-order valence-corrected chi connectivity index (χ1v) is 7.49. The van der Waals surface area contributed by atoms with Crippen molar-refractivity contribution >= 4 is 23.2 Å². The lowest BCUT2D eigenvalue weighted by atomic mass is 10.2. The van der Waals surface area contributed by atoms with E-state index in [-0.39, 0.29) is 6.03 Å². The van der Waals surface area contributed by atoms with Crippen molar-refractivity contribution in [1.29, 1.82) is 0 Å². The van der Waals surface area contributed by atoms with E-state index in [2.05, 4.69) is 15.8 Å². The standard InChI is InChI=1S/C18H18N4O2/c1-22(2)15-10-6-9-14(11-15)19-18(23)20-17-12-16(24-21-17)13-7-4-3-5-8-13/h3-12H,1-2H3,(H2,19,20,21,23). The molecule has 2 aromatic carbocycles. The van der Waals surface area contributed by atoms with Gasteiger partial charge in [-0.2, -0.15) is 0 Å². The minimum atomic E-state index is -0.376. The highest BCUT2D eigenvalue weighted by atomic mass is 16.5. The highest BCUT2D eigenvalue weighted by Gasteiger charge is 2.10. The second-order valence-electron chi connectivity index (χ2n) is 5.47. The Bertz CT molecular complexity index is 828. The SMILES string of the molecule is CN(C)c1cccc(NC(=O)Nc2cc(-c3ccccc3)on2)c1. The Hall–Kier alpha value is -3.28. The normalized spacial score (nSPS) is 10.2. The lowest BCUT2D eigenvalue weighted by molar-refractivity contribution is 0.262. The Balaban J connectivity index is 1.65. The van der Waals surface area contributed by atoms with Crippen LogP contribution in [0.2, 0.25) is 0 Å². The molecular weight excluding hydrogens is 304 g/mol. The minimum absolute atomic E-state index is 0.357. The van der Waals surface area contributed by atoms with Crippen LogP contribution in [0, 0.1) is 0 Å². The maximum absolute atomic E-state index is 12.1. The van der Waals surface area contributed by atoms with Crippen LogP contribution in [0.3, 0.4) is 0 Å². The Kier molecular flexibility index (Phi) is 4.47. The highest BCUT2D eigenvalue weighted by Crippen LogP contribution is 2.22. The van der Waals surface area contributed by atoms with E-state index in [0.29, 0.717) is 17.3 Å². The van der Waals surface area contributed by atoms with Gasteiger partial charge in [0.15, 0.2) is 11.6 Å². The molecule has 1 heterocycles. The number of carbonyl (C=O) groups excluding carboxylic acids is 1. The molecule has 3 rings (SSSR count). The summed E-state index contributed by atoms with van der Waals surface area (Å²) in [5, 5.41) is 9.30. The number of carbonyl (C=O) groups is 1.